The Morgan fingerprint density at radius 2 is 1.54 bits per heavy atom. The molecule has 0 spiro atoms. The average Bonchev–Trinajstić information content (AvgIpc) is 3.61. The SMILES string of the molecule is CCC(C[N+]12CCc3ccccc3C1O2)OS(=O)(=O)[O-].CCC(C[N+]1=Cc2ccccc2CC1)OS(=O)(=O)[O-]. The molecule has 3 heterocycles. The topological polar surface area (TPSA) is 148 Å². The second kappa shape index (κ2) is 12.1. The van der Waals surface area contributed by atoms with Crippen molar-refractivity contribution < 1.29 is 48.4 Å². The molecule has 0 saturated carbocycles. The lowest BCUT2D eigenvalue weighted by Gasteiger charge is -2.24. The molecule has 13 heteroatoms. The third-order valence-electron chi connectivity index (χ3n) is 7.19. The lowest BCUT2D eigenvalue weighted by Crippen LogP contribution is -2.40. The highest BCUT2D eigenvalue weighted by Crippen LogP contribution is 2.51. The van der Waals surface area contributed by atoms with Crippen molar-refractivity contribution in [1.82, 2.24) is 0 Å². The molecule has 3 aliphatic rings. The van der Waals surface area contributed by atoms with Crippen molar-refractivity contribution in [3.63, 3.8) is 0 Å². The van der Waals surface area contributed by atoms with Crippen LogP contribution >= 0.6 is 0 Å². The van der Waals surface area contributed by atoms with E-state index >= 15 is 0 Å². The van der Waals surface area contributed by atoms with Crippen molar-refractivity contribution in [2.24, 2.45) is 0 Å². The minimum Gasteiger partial charge on any atom is -0.726 e. The zero-order valence-electron chi connectivity index (χ0n) is 22.0. The largest absolute Gasteiger partial charge is 0.726 e. The zero-order valence-corrected chi connectivity index (χ0v) is 23.6. The number of rotatable bonds is 10. The van der Waals surface area contributed by atoms with Gasteiger partial charge >= 0.3 is 6.23 Å². The van der Waals surface area contributed by atoms with Gasteiger partial charge in [0.15, 0.2) is 12.8 Å². The predicted octanol–water partition coefficient (Wildman–Crippen LogP) is 2.19. The summed E-state index contributed by atoms with van der Waals surface area (Å²) in [5.41, 5.74) is 4.84. The van der Waals surface area contributed by atoms with Gasteiger partial charge in [-0.15, -0.1) is 9.48 Å². The molecule has 3 aliphatic heterocycles. The molecular weight excluding hydrogens is 548 g/mol. The Labute approximate surface area is 230 Å². The van der Waals surface area contributed by atoms with Gasteiger partial charge in [-0.3, -0.25) is 8.37 Å². The van der Waals surface area contributed by atoms with Crippen LogP contribution in [0.4, 0.5) is 0 Å². The Balaban J connectivity index is 0.000000181. The van der Waals surface area contributed by atoms with Gasteiger partial charge in [0.25, 0.3) is 0 Å². The first-order chi connectivity index (χ1) is 18.4. The molecule has 0 radical (unpaired) electrons. The molecule has 5 rings (SSSR count). The molecule has 1 saturated heterocycles. The Hall–Kier alpha value is -2.23. The van der Waals surface area contributed by atoms with Gasteiger partial charge in [-0.05, 0) is 36.1 Å². The number of hydrogen-bond acceptors (Lipinski definition) is 9. The quantitative estimate of drug-likeness (QED) is 0.135. The number of hydroxylamine groups is 3. The second-order valence-corrected chi connectivity index (χ2v) is 11.9. The summed E-state index contributed by atoms with van der Waals surface area (Å²) >= 11 is 0. The van der Waals surface area contributed by atoms with E-state index in [0.29, 0.717) is 30.6 Å². The van der Waals surface area contributed by atoms with Gasteiger partial charge < -0.3 is 9.11 Å². The number of benzene rings is 2. The summed E-state index contributed by atoms with van der Waals surface area (Å²) in [4.78, 5) is 5.80. The molecule has 2 aromatic carbocycles. The molecule has 39 heavy (non-hydrogen) atoms. The number of quaternary nitrogens is 1. The van der Waals surface area contributed by atoms with Crippen LogP contribution in [0.2, 0.25) is 0 Å². The molecule has 0 bridgehead atoms. The fraction of sp³-hybridized carbons (Fsp3) is 0.500. The van der Waals surface area contributed by atoms with Crippen LogP contribution in [0.3, 0.4) is 0 Å². The molecule has 0 aromatic heterocycles. The van der Waals surface area contributed by atoms with Crippen molar-refractivity contribution in [2.75, 3.05) is 26.2 Å². The molecule has 0 amide bonds. The van der Waals surface area contributed by atoms with Crippen molar-refractivity contribution in [2.45, 2.75) is 58.0 Å². The Bertz CT molecular complexity index is 1410. The maximum Gasteiger partial charge on any atom is 0.300 e. The van der Waals surface area contributed by atoms with Crippen molar-refractivity contribution in [3.8, 4) is 0 Å². The molecule has 0 N–H and O–H groups in total. The van der Waals surface area contributed by atoms with Gasteiger partial charge in [0, 0.05) is 24.0 Å². The molecule has 4 unspecified atom stereocenters. The normalized spacial score (nSPS) is 23.2. The smallest absolute Gasteiger partial charge is 0.300 e. The third kappa shape index (κ3) is 8.14. The fourth-order valence-corrected chi connectivity index (χ4v) is 6.21. The van der Waals surface area contributed by atoms with Crippen LogP contribution in [0.5, 0.6) is 0 Å². The van der Waals surface area contributed by atoms with E-state index in [2.05, 4.69) is 20.5 Å². The van der Waals surface area contributed by atoms with E-state index in [9.17, 15) is 25.9 Å². The molecule has 2 aromatic rings. The van der Waals surface area contributed by atoms with Crippen LogP contribution in [-0.4, -0.2) is 79.8 Å². The highest BCUT2D eigenvalue weighted by atomic mass is 32.3. The first-order valence-electron chi connectivity index (χ1n) is 13.0. The summed E-state index contributed by atoms with van der Waals surface area (Å²) in [5.74, 6) is 0. The van der Waals surface area contributed by atoms with E-state index in [-0.39, 0.29) is 6.23 Å². The average molecular weight is 583 g/mol. The molecule has 11 nitrogen and oxygen atoms in total. The van der Waals surface area contributed by atoms with Gasteiger partial charge in [0.05, 0.1) is 0 Å². The van der Waals surface area contributed by atoms with Gasteiger partial charge in [-0.25, -0.2) is 21.4 Å². The highest BCUT2D eigenvalue weighted by molar-refractivity contribution is 7.81. The van der Waals surface area contributed by atoms with Crippen molar-refractivity contribution >= 4 is 27.0 Å². The van der Waals surface area contributed by atoms with Crippen LogP contribution in [0.15, 0.2) is 48.5 Å². The lowest BCUT2D eigenvalue weighted by atomic mass is 9.99. The van der Waals surface area contributed by atoms with E-state index in [0.717, 1.165) is 37.1 Å². The first-order valence-corrected chi connectivity index (χ1v) is 15.7. The molecule has 1 fully saturated rings. The molecule has 0 aliphatic carbocycles. The maximum atomic E-state index is 10.7. The van der Waals surface area contributed by atoms with Gasteiger partial charge in [-0.1, -0.05) is 50.2 Å². The minimum atomic E-state index is -4.67. The Morgan fingerprint density at radius 1 is 0.923 bits per heavy atom. The molecule has 214 valence electrons. The molecule has 4 atom stereocenters. The zero-order chi connectivity index (χ0) is 28.3. The number of nitrogens with zero attached hydrogens (tertiary/aromatic N) is 2. The minimum absolute atomic E-state index is 0.0491. The second-order valence-electron chi connectivity index (χ2n) is 9.91. The summed E-state index contributed by atoms with van der Waals surface area (Å²) < 4.78 is 75.6. The summed E-state index contributed by atoms with van der Waals surface area (Å²) in [6, 6.07) is 16.2. The number of hydrogen-bond donors (Lipinski definition) is 0. The van der Waals surface area contributed by atoms with E-state index < -0.39 is 33.0 Å². The van der Waals surface area contributed by atoms with Crippen LogP contribution in [-0.2, 0) is 46.8 Å². The molecular formula is C26H34N2O9S2. The Morgan fingerprint density at radius 3 is 2.21 bits per heavy atom. The van der Waals surface area contributed by atoms with E-state index in [1.807, 2.05) is 47.2 Å². The Kier molecular flexibility index (Phi) is 9.23. The van der Waals surface area contributed by atoms with Gasteiger partial charge in [-0.2, -0.15) is 0 Å². The third-order valence-corrected chi connectivity index (χ3v) is 8.20. The van der Waals surface area contributed by atoms with Crippen molar-refractivity contribution in [1.29, 1.82) is 0 Å². The first kappa shape index (κ1) is 29.7. The van der Waals surface area contributed by atoms with Gasteiger partial charge in [0.2, 0.25) is 20.8 Å². The lowest BCUT2D eigenvalue weighted by molar-refractivity contribution is -0.927. The van der Waals surface area contributed by atoms with Crippen LogP contribution in [0.1, 0.15) is 55.2 Å². The van der Waals surface area contributed by atoms with Crippen molar-refractivity contribution in [3.05, 3.63) is 70.8 Å². The van der Waals surface area contributed by atoms with Crippen LogP contribution < -0.4 is 0 Å². The van der Waals surface area contributed by atoms with Gasteiger partial charge in [0.1, 0.15) is 31.8 Å². The summed E-state index contributed by atoms with van der Waals surface area (Å²) in [6.07, 6.45) is 3.44. The van der Waals surface area contributed by atoms with Crippen LogP contribution in [0.25, 0.3) is 0 Å². The summed E-state index contributed by atoms with van der Waals surface area (Å²) in [6.45, 7) is 5.97. The highest BCUT2D eigenvalue weighted by Gasteiger charge is 2.63. The fourth-order valence-electron chi connectivity index (χ4n) is 5.15. The van der Waals surface area contributed by atoms with E-state index in [4.69, 9.17) is 4.84 Å². The number of fused-ring (bicyclic) bond motifs is 4. The van der Waals surface area contributed by atoms with E-state index in [1.165, 1.54) is 11.1 Å². The monoisotopic (exact) mass is 582 g/mol. The van der Waals surface area contributed by atoms with Crippen LogP contribution in [0, 0.1) is 0 Å². The summed E-state index contributed by atoms with van der Waals surface area (Å²) in [5, 5.41) is 0. The standard InChI is InChI=1S/C13H17NO5S.C13H17NO4S/c1-2-11(19-20(15,16)17)9-14-8-7-10-5-3-4-6-12(10)13(14)18-14;1-2-13(18-19(15,16)17)10-14-8-7-11-5-3-4-6-12(11)9-14/h3-6,11,13H,2,7-9H2,1H3;3-6,9,13H,2,7-8,10H2,1H3. The predicted molar refractivity (Wildman–Crippen MR) is 139 cm³/mol. The summed E-state index contributed by atoms with van der Waals surface area (Å²) in [7, 11) is -9.31. The maximum absolute atomic E-state index is 10.7. The van der Waals surface area contributed by atoms with E-state index in [1.54, 1.807) is 13.8 Å².